The van der Waals surface area contributed by atoms with Gasteiger partial charge in [0.25, 0.3) is 0 Å². The van der Waals surface area contributed by atoms with E-state index in [0.717, 1.165) is 43.6 Å². The van der Waals surface area contributed by atoms with Gasteiger partial charge in [-0.05, 0) is 37.1 Å². The van der Waals surface area contributed by atoms with Gasteiger partial charge in [-0.25, -0.2) is 4.79 Å². The summed E-state index contributed by atoms with van der Waals surface area (Å²) in [4.78, 5) is 14.1. The van der Waals surface area contributed by atoms with Gasteiger partial charge < -0.3 is 20.0 Å². The minimum atomic E-state index is -4.47. The first-order valence-corrected chi connectivity index (χ1v) is 7.95. The summed E-state index contributed by atoms with van der Waals surface area (Å²) < 4.78 is 43.9. The van der Waals surface area contributed by atoms with Crippen LogP contribution in [0.5, 0.6) is 0 Å². The molecule has 0 atom stereocenters. The molecule has 0 unspecified atom stereocenters. The van der Waals surface area contributed by atoms with Gasteiger partial charge in [-0.15, -0.1) is 0 Å². The summed E-state index contributed by atoms with van der Waals surface area (Å²) in [5.41, 5.74) is 0.727. The quantitative estimate of drug-likeness (QED) is 0.865. The molecular weight excluding hydrogens is 335 g/mol. The van der Waals surface area contributed by atoms with Gasteiger partial charge in [0.05, 0.1) is 29.5 Å². The van der Waals surface area contributed by atoms with E-state index >= 15 is 0 Å². The van der Waals surface area contributed by atoms with Crippen molar-refractivity contribution in [2.75, 3.05) is 23.3 Å². The summed E-state index contributed by atoms with van der Waals surface area (Å²) in [5.74, 6) is 0. The molecular formula is C17H18F3N3O2. The molecule has 2 aromatic rings. The highest BCUT2D eigenvalue weighted by atomic mass is 19.4. The Kier molecular flexibility index (Phi) is 4.87. The highest BCUT2D eigenvalue weighted by molar-refractivity contribution is 5.93. The molecule has 1 fully saturated rings. The number of anilines is 2. The Hall–Kier alpha value is -2.64. The third-order valence-electron chi connectivity index (χ3n) is 4.05. The minimum Gasteiger partial charge on any atom is -0.472 e. The zero-order valence-corrected chi connectivity index (χ0v) is 13.4. The first-order chi connectivity index (χ1) is 11.9. The number of hydrogen-bond donors (Lipinski definition) is 2. The molecule has 25 heavy (non-hydrogen) atoms. The highest BCUT2D eigenvalue weighted by Gasteiger charge is 2.32. The fourth-order valence-electron chi connectivity index (χ4n) is 2.79. The van der Waals surface area contributed by atoms with E-state index < -0.39 is 17.8 Å². The molecule has 3 rings (SSSR count). The van der Waals surface area contributed by atoms with E-state index in [1.54, 1.807) is 6.07 Å². The molecule has 2 amide bonds. The molecule has 0 bridgehead atoms. The summed E-state index contributed by atoms with van der Waals surface area (Å²) >= 11 is 0. The number of halogens is 3. The number of furan rings is 1. The molecule has 5 nitrogen and oxygen atoms in total. The molecule has 0 radical (unpaired) electrons. The van der Waals surface area contributed by atoms with Gasteiger partial charge >= 0.3 is 12.2 Å². The summed E-state index contributed by atoms with van der Waals surface area (Å²) in [5, 5.41) is 5.14. The Morgan fingerprint density at radius 2 is 1.96 bits per heavy atom. The standard InChI is InChI=1S/C17H18F3N3O2/c18-17(19,20)13-3-4-15(23-6-1-2-7-23)14(9-13)22-16(24)21-10-12-5-8-25-11-12/h3-5,8-9,11H,1-2,6-7,10H2,(H2,21,22,24). The second-order valence-electron chi connectivity index (χ2n) is 5.86. The van der Waals surface area contributed by atoms with Crippen molar-refractivity contribution in [3.63, 3.8) is 0 Å². The Bertz CT molecular complexity index is 723. The summed E-state index contributed by atoms with van der Waals surface area (Å²) in [6.45, 7) is 1.74. The Morgan fingerprint density at radius 1 is 1.20 bits per heavy atom. The molecule has 2 heterocycles. The maximum absolute atomic E-state index is 13.0. The van der Waals surface area contributed by atoms with Crippen molar-refractivity contribution in [2.45, 2.75) is 25.6 Å². The zero-order chi connectivity index (χ0) is 17.9. The van der Waals surface area contributed by atoms with Crippen LogP contribution >= 0.6 is 0 Å². The lowest BCUT2D eigenvalue weighted by Gasteiger charge is -2.23. The number of carbonyl (C=O) groups is 1. The lowest BCUT2D eigenvalue weighted by molar-refractivity contribution is -0.137. The van der Waals surface area contributed by atoms with Crippen molar-refractivity contribution in [3.8, 4) is 0 Å². The molecule has 1 aromatic carbocycles. The molecule has 2 N–H and O–H groups in total. The number of nitrogens with one attached hydrogen (secondary N) is 2. The van der Waals surface area contributed by atoms with Crippen LogP contribution in [0.3, 0.4) is 0 Å². The highest BCUT2D eigenvalue weighted by Crippen LogP contribution is 2.36. The largest absolute Gasteiger partial charge is 0.472 e. The Morgan fingerprint density at radius 3 is 2.60 bits per heavy atom. The first-order valence-electron chi connectivity index (χ1n) is 7.95. The Labute approximate surface area is 142 Å². The lowest BCUT2D eigenvalue weighted by atomic mass is 10.1. The average molecular weight is 353 g/mol. The Balaban J connectivity index is 1.77. The van der Waals surface area contributed by atoms with Gasteiger partial charge in [-0.1, -0.05) is 0 Å². The van der Waals surface area contributed by atoms with E-state index in [1.807, 2.05) is 4.90 Å². The van der Waals surface area contributed by atoms with E-state index in [1.165, 1.54) is 18.6 Å². The first kappa shape index (κ1) is 17.2. The van der Waals surface area contributed by atoms with Gasteiger partial charge in [-0.2, -0.15) is 13.2 Å². The molecule has 1 aliphatic rings. The van der Waals surface area contributed by atoms with Gasteiger partial charge in [0.2, 0.25) is 0 Å². The summed E-state index contributed by atoms with van der Waals surface area (Å²) in [7, 11) is 0. The number of amides is 2. The number of benzene rings is 1. The van der Waals surface area contributed by atoms with Crippen LogP contribution in [0.25, 0.3) is 0 Å². The van der Waals surface area contributed by atoms with Crippen LogP contribution in [-0.2, 0) is 12.7 Å². The van der Waals surface area contributed by atoms with Crippen LogP contribution < -0.4 is 15.5 Å². The SMILES string of the molecule is O=C(NCc1ccoc1)Nc1cc(C(F)(F)F)ccc1N1CCCC1. The average Bonchev–Trinajstić information content (AvgIpc) is 3.26. The van der Waals surface area contributed by atoms with Crippen molar-refractivity contribution >= 4 is 17.4 Å². The molecule has 134 valence electrons. The number of hydrogen-bond acceptors (Lipinski definition) is 3. The molecule has 1 saturated heterocycles. The monoisotopic (exact) mass is 353 g/mol. The third-order valence-corrected chi connectivity index (χ3v) is 4.05. The van der Waals surface area contributed by atoms with Crippen molar-refractivity contribution in [3.05, 3.63) is 47.9 Å². The number of alkyl halides is 3. The van der Waals surface area contributed by atoms with E-state index in [0.29, 0.717) is 5.69 Å². The number of carbonyl (C=O) groups excluding carboxylic acids is 1. The van der Waals surface area contributed by atoms with E-state index in [9.17, 15) is 18.0 Å². The second kappa shape index (κ2) is 7.08. The normalized spacial score (nSPS) is 14.6. The fourth-order valence-corrected chi connectivity index (χ4v) is 2.79. The summed E-state index contributed by atoms with van der Waals surface area (Å²) in [6, 6.07) is 4.56. The fraction of sp³-hybridized carbons (Fsp3) is 0.353. The van der Waals surface area contributed by atoms with Crippen LogP contribution in [0.1, 0.15) is 24.0 Å². The van der Waals surface area contributed by atoms with Gasteiger partial charge in [0, 0.05) is 25.2 Å². The zero-order valence-electron chi connectivity index (χ0n) is 13.4. The molecule has 0 saturated carbocycles. The summed E-state index contributed by atoms with van der Waals surface area (Å²) in [6.07, 6.45) is 0.459. The maximum atomic E-state index is 13.0. The topological polar surface area (TPSA) is 57.5 Å². The van der Waals surface area contributed by atoms with Crippen LogP contribution in [0, 0.1) is 0 Å². The van der Waals surface area contributed by atoms with Crippen molar-refractivity contribution < 1.29 is 22.4 Å². The van der Waals surface area contributed by atoms with Gasteiger partial charge in [0.1, 0.15) is 0 Å². The van der Waals surface area contributed by atoms with Crippen molar-refractivity contribution in [1.29, 1.82) is 0 Å². The predicted molar refractivity (Wildman–Crippen MR) is 87.5 cm³/mol. The number of rotatable bonds is 4. The van der Waals surface area contributed by atoms with Crippen molar-refractivity contribution in [2.24, 2.45) is 0 Å². The number of urea groups is 1. The molecule has 1 aromatic heterocycles. The maximum Gasteiger partial charge on any atom is 0.416 e. The van der Waals surface area contributed by atoms with Gasteiger partial charge in [-0.3, -0.25) is 0 Å². The number of nitrogens with zero attached hydrogens (tertiary/aromatic N) is 1. The van der Waals surface area contributed by atoms with Gasteiger partial charge in [0.15, 0.2) is 0 Å². The third kappa shape index (κ3) is 4.26. The van der Waals surface area contributed by atoms with E-state index in [4.69, 9.17) is 4.42 Å². The molecule has 8 heteroatoms. The second-order valence-corrected chi connectivity index (χ2v) is 5.86. The van der Waals surface area contributed by atoms with Crippen LogP contribution in [0.15, 0.2) is 41.2 Å². The molecule has 0 aliphatic carbocycles. The minimum absolute atomic E-state index is 0.154. The predicted octanol–water partition coefficient (Wildman–Crippen LogP) is 4.22. The van der Waals surface area contributed by atoms with E-state index in [-0.39, 0.29) is 12.2 Å². The van der Waals surface area contributed by atoms with Crippen LogP contribution in [0.2, 0.25) is 0 Å². The molecule has 0 spiro atoms. The van der Waals surface area contributed by atoms with Crippen molar-refractivity contribution in [1.82, 2.24) is 5.32 Å². The van der Waals surface area contributed by atoms with Crippen LogP contribution in [-0.4, -0.2) is 19.1 Å². The smallest absolute Gasteiger partial charge is 0.416 e. The molecule has 1 aliphatic heterocycles. The lowest BCUT2D eigenvalue weighted by Crippen LogP contribution is -2.29. The van der Waals surface area contributed by atoms with Crippen LogP contribution in [0.4, 0.5) is 29.3 Å². The van der Waals surface area contributed by atoms with E-state index in [2.05, 4.69) is 10.6 Å².